The van der Waals surface area contributed by atoms with Crippen molar-refractivity contribution < 1.29 is 0 Å². The summed E-state index contributed by atoms with van der Waals surface area (Å²) in [5.74, 6) is 0.801. The first-order valence-electron chi connectivity index (χ1n) is 5.24. The van der Waals surface area contributed by atoms with E-state index in [9.17, 15) is 0 Å². The van der Waals surface area contributed by atoms with E-state index in [1.165, 1.54) is 12.8 Å². The number of hydrogen-bond acceptors (Lipinski definition) is 2. The standard InChI is InChI=1S/C10H22N2/c1-4-8(3)10-7-11-9(5-2)6-12-10/h8-12H,4-7H2,1-3H3. The maximum absolute atomic E-state index is 3.61. The quantitative estimate of drug-likeness (QED) is 0.668. The predicted molar refractivity (Wildman–Crippen MR) is 53.3 cm³/mol. The molecule has 1 heterocycles. The molecule has 3 atom stereocenters. The third-order valence-electron chi connectivity index (χ3n) is 3.08. The first-order valence-corrected chi connectivity index (χ1v) is 5.24. The number of nitrogens with one attached hydrogen (secondary N) is 2. The van der Waals surface area contributed by atoms with E-state index in [2.05, 4.69) is 31.4 Å². The van der Waals surface area contributed by atoms with E-state index in [1.54, 1.807) is 0 Å². The molecule has 0 bridgehead atoms. The highest BCUT2D eigenvalue weighted by molar-refractivity contribution is 4.84. The van der Waals surface area contributed by atoms with Crippen molar-refractivity contribution in [1.82, 2.24) is 10.6 Å². The fourth-order valence-corrected chi connectivity index (χ4v) is 1.71. The van der Waals surface area contributed by atoms with Gasteiger partial charge < -0.3 is 10.6 Å². The lowest BCUT2D eigenvalue weighted by Gasteiger charge is -2.33. The average molecular weight is 170 g/mol. The fraction of sp³-hybridized carbons (Fsp3) is 1.00. The molecule has 1 rings (SSSR count). The van der Waals surface area contributed by atoms with Gasteiger partial charge in [-0.05, 0) is 12.3 Å². The van der Waals surface area contributed by atoms with Gasteiger partial charge in [0.25, 0.3) is 0 Å². The largest absolute Gasteiger partial charge is 0.311 e. The Balaban J connectivity index is 2.25. The maximum Gasteiger partial charge on any atom is 0.0218 e. The lowest BCUT2D eigenvalue weighted by Crippen LogP contribution is -2.56. The molecule has 0 saturated carbocycles. The smallest absolute Gasteiger partial charge is 0.0218 e. The summed E-state index contributed by atoms with van der Waals surface area (Å²) in [5, 5.41) is 7.18. The molecule has 0 aromatic carbocycles. The summed E-state index contributed by atoms with van der Waals surface area (Å²) in [6.45, 7) is 9.12. The second-order valence-electron chi connectivity index (χ2n) is 3.91. The van der Waals surface area contributed by atoms with E-state index in [-0.39, 0.29) is 0 Å². The molecule has 1 saturated heterocycles. The van der Waals surface area contributed by atoms with Gasteiger partial charge in [0.05, 0.1) is 0 Å². The minimum absolute atomic E-state index is 0.692. The summed E-state index contributed by atoms with van der Waals surface area (Å²) in [5.41, 5.74) is 0. The summed E-state index contributed by atoms with van der Waals surface area (Å²) in [6.07, 6.45) is 2.51. The highest BCUT2D eigenvalue weighted by Crippen LogP contribution is 2.10. The van der Waals surface area contributed by atoms with Crippen LogP contribution in [0.15, 0.2) is 0 Å². The molecule has 2 N–H and O–H groups in total. The van der Waals surface area contributed by atoms with E-state index in [0.29, 0.717) is 12.1 Å². The molecular weight excluding hydrogens is 148 g/mol. The zero-order valence-corrected chi connectivity index (χ0v) is 8.56. The Hall–Kier alpha value is -0.0800. The lowest BCUT2D eigenvalue weighted by molar-refractivity contribution is 0.275. The summed E-state index contributed by atoms with van der Waals surface area (Å²) >= 11 is 0. The van der Waals surface area contributed by atoms with Crippen LogP contribution in [0.1, 0.15) is 33.6 Å². The second kappa shape index (κ2) is 4.83. The van der Waals surface area contributed by atoms with Crippen LogP contribution >= 0.6 is 0 Å². The van der Waals surface area contributed by atoms with Gasteiger partial charge in [0.2, 0.25) is 0 Å². The lowest BCUT2D eigenvalue weighted by atomic mass is 9.96. The molecule has 12 heavy (non-hydrogen) atoms. The van der Waals surface area contributed by atoms with Crippen LogP contribution in [0, 0.1) is 5.92 Å². The van der Waals surface area contributed by atoms with E-state index in [1.807, 2.05) is 0 Å². The third kappa shape index (κ3) is 2.46. The predicted octanol–water partition coefficient (Wildman–Crippen LogP) is 1.37. The first kappa shape index (κ1) is 10.0. The van der Waals surface area contributed by atoms with Gasteiger partial charge in [-0.15, -0.1) is 0 Å². The average Bonchev–Trinajstić information content (AvgIpc) is 2.17. The molecule has 1 fully saturated rings. The molecule has 2 nitrogen and oxygen atoms in total. The van der Waals surface area contributed by atoms with Crippen LogP contribution in [0.2, 0.25) is 0 Å². The van der Waals surface area contributed by atoms with Gasteiger partial charge in [-0.1, -0.05) is 27.2 Å². The third-order valence-corrected chi connectivity index (χ3v) is 3.08. The van der Waals surface area contributed by atoms with E-state index < -0.39 is 0 Å². The number of hydrogen-bond donors (Lipinski definition) is 2. The molecule has 0 aliphatic carbocycles. The van der Waals surface area contributed by atoms with Crippen molar-refractivity contribution in [1.29, 1.82) is 0 Å². The summed E-state index contributed by atoms with van der Waals surface area (Å²) in [4.78, 5) is 0. The topological polar surface area (TPSA) is 24.1 Å². The molecule has 3 unspecified atom stereocenters. The van der Waals surface area contributed by atoms with Gasteiger partial charge in [-0.2, -0.15) is 0 Å². The molecule has 0 aromatic heterocycles. The molecule has 2 heteroatoms. The SMILES string of the molecule is CCC1CNC(C(C)CC)CN1. The number of piperazine rings is 1. The second-order valence-corrected chi connectivity index (χ2v) is 3.91. The Morgan fingerprint density at radius 2 is 2.00 bits per heavy atom. The zero-order chi connectivity index (χ0) is 8.97. The van der Waals surface area contributed by atoms with Crippen LogP contribution in [0.4, 0.5) is 0 Å². The van der Waals surface area contributed by atoms with E-state index >= 15 is 0 Å². The van der Waals surface area contributed by atoms with Gasteiger partial charge in [0.1, 0.15) is 0 Å². The monoisotopic (exact) mass is 170 g/mol. The van der Waals surface area contributed by atoms with Crippen LogP contribution in [0.25, 0.3) is 0 Å². The normalized spacial score (nSPS) is 33.2. The van der Waals surface area contributed by atoms with Crippen LogP contribution < -0.4 is 10.6 Å². The molecule has 0 aromatic rings. The van der Waals surface area contributed by atoms with Crippen molar-refractivity contribution in [2.75, 3.05) is 13.1 Å². The Labute approximate surface area is 76.1 Å². The van der Waals surface area contributed by atoms with Crippen molar-refractivity contribution in [3.63, 3.8) is 0 Å². The van der Waals surface area contributed by atoms with Crippen molar-refractivity contribution in [3.05, 3.63) is 0 Å². The zero-order valence-electron chi connectivity index (χ0n) is 8.56. The molecule has 72 valence electrons. The molecular formula is C10H22N2. The highest BCUT2D eigenvalue weighted by Gasteiger charge is 2.21. The highest BCUT2D eigenvalue weighted by atomic mass is 15.1. The maximum atomic E-state index is 3.61. The molecule has 0 spiro atoms. The first-order chi connectivity index (χ1) is 5.77. The minimum Gasteiger partial charge on any atom is -0.311 e. The molecule has 1 aliphatic heterocycles. The van der Waals surface area contributed by atoms with Crippen LogP contribution in [0.3, 0.4) is 0 Å². The van der Waals surface area contributed by atoms with Gasteiger partial charge >= 0.3 is 0 Å². The van der Waals surface area contributed by atoms with Crippen LogP contribution in [-0.2, 0) is 0 Å². The van der Waals surface area contributed by atoms with Gasteiger partial charge in [0, 0.05) is 25.2 Å². The van der Waals surface area contributed by atoms with Gasteiger partial charge in [0.15, 0.2) is 0 Å². The van der Waals surface area contributed by atoms with Gasteiger partial charge in [-0.25, -0.2) is 0 Å². The minimum atomic E-state index is 0.692. The van der Waals surface area contributed by atoms with Crippen molar-refractivity contribution in [2.45, 2.75) is 45.7 Å². The van der Waals surface area contributed by atoms with Crippen molar-refractivity contribution >= 4 is 0 Å². The van der Waals surface area contributed by atoms with E-state index in [0.717, 1.165) is 19.0 Å². The number of rotatable bonds is 3. The molecule has 0 radical (unpaired) electrons. The summed E-state index contributed by atoms with van der Waals surface area (Å²) in [7, 11) is 0. The molecule has 1 aliphatic rings. The van der Waals surface area contributed by atoms with Crippen LogP contribution in [-0.4, -0.2) is 25.2 Å². The summed E-state index contributed by atoms with van der Waals surface area (Å²) < 4.78 is 0. The fourth-order valence-electron chi connectivity index (χ4n) is 1.71. The van der Waals surface area contributed by atoms with E-state index in [4.69, 9.17) is 0 Å². The Bertz CT molecular complexity index is 117. The van der Waals surface area contributed by atoms with Crippen LogP contribution in [0.5, 0.6) is 0 Å². The Kier molecular flexibility index (Phi) is 4.02. The Morgan fingerprint density at radius 1 is 1.25 bits per heavy atom. The Morgan fingerprint density at radius 3 is 2.42 bits per heavy atom. The van der Waals surface area contributed by atoms with Crippen molar-refractivity contribution in [2.24, 2.45) is 5.92 Å². The molecule has 0 amide bonds. The van der Waals surface area contributed by atoms with Crippen molar-refractivity contribution in [3.8, 4) is 0 Å². The van der Waals surface area contributed by atoms with Gasteiger partial charge in [-0.3, -0.25) is 0 Å². The summed E-state index contributed by atoms with van der Waals surface area (Å²) in [6, 6.07) is 1.39.